The normalized spacial score (nSPS) is 15.4. The van der Waals surface area contributed by atoms with E-state index in [-0.39, 0.29) is 24.5 Å². The second-order valence-corrected chi connectivity index (χ2v) is 8.54. The number of hydrogen-bond acceptors (Lipinski definition) is 4. The lowest BCUT2D eigenvalue weighted by atomic mass is 10.1. The highest BCUT2D eigenvalue weighted by Gasteiger charge is 2.23. The van der Waals surface area contributed by atoms with E-state index in [9.17, 15) is 9.59 Å². The molecule has 7 nitrogen and oxygen atoms in total. The number of rotatable bonds is 7. The quantitative estimate of drug-likeness (QED) is 0.592. The van der Waals surface area contributed by atoms with Gasteiger partial charge in [-0.2, -0.15) is 0 Å². The van der Waals surface area contributed by atoms with Crippen LogP contribution in [0, 0.1) is 13.8 Å². The van der Waals surface area contributed by atoms with Crippen LogP contribution in [0.4, 0.5) is 5.95 Å². The molecule has 0 aliphatic carbocycles. The molecule has 1 saturated heterocycles. The van der Waals surface area contributed by atoms with E-state index in [1.165, 1.54) is 17.4 Å². The van der Waals surface area contributed by atoms with Gasteiger partial charge in [0.25, 0.3) is 0 Å². The van der Waals surface area contributed by atoms with Gasteiger partial charge >= 0.3 is 0 Å². The van der Waals surface area contributed by atoms with E-state index in [2.05, 4.69) is 31.3 Å². The molecule has 1 aliphatic heterocycles. The van der Waals surface area contributed by atoms with Crippen LogP contribution in [-0.2, 0) is 14.3 Å². The predicted octanol–water partition coefficient (Wildman–Crippen LogP) is 4.12. The Balaban J connectivity index is 1.59. The van der Waals surface area contributed by atoms with Crippen molar-refractivity contribution in [1.29, 1.82) is 0 Å². The van der Waals surface area contributed by atoms with Gasteiger partial charge in [0.1, 0.15) is 6.54 Å². The zero-order chi connectivity index (χ0) is 23.4. The number of nitrogens with one attached hydrogen (secondary N) is 1. The molecule has 2 amide bonds. The molecule has 0 saturated carbocycles. The van der Waals surface area contributed by atoms with Gasteiger partial charge in [-0.1, -0.05) is 36.4 Å². The van der Waals surface area contributed by atoms with Crippen LogP contribution in [0.2, 0.25) is 0 Å². The van der Waals surface area contributed by atoms with Gasteiger partial charge < -0.3 is 9.64 Å². The van der Waals surface area contributed by atoms with Crippen LogP contribution in [0.1, 0.15) is 30.9 Å². The number of amides is 2. The third kappa shape index (κ3) is 5.49. The van der Waals surface area contributed by atoms with Gasteiger partial charge in [-0.15, -0.1) is 0 Å². The molecule has 4 rings (SSSR count). The van der Waals surface area contributed by atoms with Crippen LogP contribution < -0.4 is 5.32 Å². The van der Waals surface area contributed by atoms with Crippen molar-refractivity contribution in [3.8, 4) is 16.9 Å². The van der Waals surface area contributed by atoms with E-state index in [1.807, 2.05) is 47.2 Å². The van der Waals surface area contributed by atoms with E-state index in [4.69, 9.17) is 9.72 Å². The molecule has 2 aromatic carbocycles. The number of carbonyl (C=O) groups is 2. The average molecular weight is 447 g/mol. The molecular weight excluding hydrogens is 416 g/mol. The molecule has 1 aliphatic rings. The van der Waals surface area contributed by atoms with E-state index >= 15 is 0 Å². The van der Waals surface area contributed by atoms with E-state index in [0.29, 0.717) is 19.1 Å². The number of carbonyl (C=O) groups excluding carboxylic acids is 2. The summed E-state index contributed by atoms with van der Waals surface area (Å²) in [6.07, 6.45) is 3.80. The molecule has 1 N–H and O–H groups in total. The molecule has 7 heteroatoms. The molecule has 2 heterocycles. The van der Waals surface area contributed by atoms with Gasteiger partial charge in [0.2, 0.25) is 17.8 Å². The lowest BCUT2D eigenvalue weighted by Gasteiger charge is -2.23. The topological polar surface area (TPSA) is 76.5 Å². The van der Waals surface area contributed by atoms with Crippen molar-refractivity contribution in [2.45, 2.75) is 39.7 Å². The minimum absolute atomic E-state index is 0.0103. The maximum Gasteiger partial charge on any atom is 0.246 e. The molecule has 1 fully saturated rings. The molecule has 172 valence electrons. The van der Waals surface area contributed by atoms with Crippen molar-refractivity contribution < 1.29 is 14.3 Å². The molecule has 1 aromatic heterocycles. The van der Waals surface area contributed by atoms with Gasteiger partial charge in [-0.25, -0.2) is 4.98 Å². The number of aryl methyl sites for hydroxylation is 2. The fourth-order valence-electron chi connectivity index (χ4n) is 3.96. The maximum atomic E-state index is 13.0. The summed E-state index contributed by atoms with van der Waals surface area (Å²) in [5.41, 5.74) is 4.97. The molecule has 0 bridgehead atoms. The zero-order valence-electron chi connectivity index (χ0n) is 19.4. The van der Waals surface area contributed by atoms with Crippen LogP contribution in [-0.4, -0.2) is 52.1 Å². The average Bonchev–Trinajstić information content (AvgIpc) is 3.46. The summed E-state index contributed by atoms with van der Waals surface area (Å²) in [7, 11) is 0. The second kappa shape index (κ2) is 10.0. The van der Waals surface area contributed by atoms with E-state index in [1.54, 1.807) is 0 Å². The number of benzene rings is 2. The first-order valence-electron chi connectivity index (χ1n) is 11.3. The summed E-state index contributed by atoms with van der Waals surface area (Å²) in [5.74, 6) is -0.0238. The summed E-state index contributed by atoms with van der Waals surface area (Å²) < 4.78 is 7.52. The molecule has 1 atom stereocenters. The molecule has 33 heavy (non-hydrogen) atoms. The third-order valence-electron chi connectivity index (χ3n) is 6.02. The van der Waals surface area contributed by atoms with Crippen molar-refractivity contribution >= 4 is 17.8 Å². The van der Waals surface area contributed by atoms with Crippen LogP contribution in [0.5, 0.6) is 0 Å². The highest BCUT2D eigenvalue weighted by molar-refractivity contribution is 5.93. The Bertz CT molecular complexity index is 1130. The van der Waals surface area contributed by atoms with Gasteiger partial charge in [-0.05, 0) is 49.9 Å². The highest BCUT2D eigenvalue weighted by atomic mass is 16.5. The predicted molar refractivity (Wildman–Crippen MR) is 128 cm³/mol. The van der Waals surface area contributed by atoms with Gasteiger partial charge in [0.15, 0.2) is 0 Å². The van der Waals surface area contributed by atoms with Crippen LogP contribution >= 0.6 is 0 Å². The number of nitrogens with zero attached hydrogens (tertiary/aromatic N) is 3. The Hall–Kier alpha value is -3.45. The van der Waals surface area contributed by atoms with Crippen molar-refractivity contribution in [3.63, 3.8) is 0 Å². The van der Waals surface area contributed by atoms with Crippen molar-refractivity contribution in [2.24, 2.45) is 0 Å². The summed E-state index contributed by atoms with van der Waals surface area (Å²) in [6, 6.07) is 16.0. The van der Waals surface area contributed by atoms with Crippen molar-refractivity contribution in [1.82, 2.24) is 14.5 Å². The van der Waals surface area contributed by atoms with Crippen molar-refractivity contribution in [3.05, 3.63) is 65.9 Å². The molecule has 3 aromatic rings. The lowest BCUT2D eigenvalue weighted by molar-refractivity contribution is -0.134. The first-order valence-corrected chi connectivity index (χ1v) is 11.3. The Morgan fingerprint density at radius 3 is 2.61 bits per heavy atom. The Morgan fingerprint density at radius 1 is 1.15 bits per heavy atom. The van der Waals surface area contributed by atoms with Crippen LogP contribution in [0.25, 0.3) is 16.9 Å². The van der Waals surface area contributed by atoms with Gasteiger partial charge in [0, 0.05) is 37.5 Å². The largest absolute Gasteiger partial charge is 0.376 e. The lowest BCUT2D eigenvalue weighted by Crippen LogP contribution is -2.41. The van der Waals surface area contributed by atoms with Crippen molar-refractivity contribution in [2.75, 3.05) is 25.0 Å². The smallest absolute Gasteiger partial charge is 0.246 e. The Labute approximate surface area is 194 Å². The fourth-order valence-corrected chi connectivity index (χ4v) is 3.96. The monoisotopic (exact) mass is 446 g/mol. The summed E-state index contributed by atoms with van der Waals surface area (Å²) in [5, 5.41) is 2.92. The SMILES string of the molecule is CC(=O)N(CC(=O)Nc1nc(-c2ccccc2)cn1-c1ccc(C)c(C)c1)C[C@H]1CCCO1. The summed E-state index contributed by atoms with van der Waals surface area (Å²) >= 11 is 0. The van der Waals surface area contributed by atoms with Crippen LogP contribution in [0.3, 0.4) is 0 Å². The van der Waals surface area contributed by atoms with Crippen LogP contribution in [0.15, 0.2) is 54.7 Å². The molecule has 0 unspecified atom stereocenters. The summed E-state index contributed by atoms with van der Waals surface area (Å²) in [4.78, 5) is 31.3. The van der Waals surface area contributed by atoms with E-state index < -0.39 is 0 Å². The molecule has 0 radical (unpaired) electrons. The first-order chi connectivity index (χ1) is 15.9. The summed E-state index contributed by atoms with van der Waals surface area (Å²) in [6.45, 7) is 6.68. The highest BCUT2D eigenvalue weighted by Crippen LogP contribution is 2.25. The number of aromatic nitrogens is 2. The Morgan fingerprint density at radius 2 is 1.94 bits per heavy atom. The first kappa shape index (κ1) is 22.7. The second-order valence-electron chi connectivity index (χ2n) is 8.54. The van der Waals surface area contributed by atoms with E-state index in [0.717, 1.165) is 35.3 Å². The van der Waals surface area contributed by atoms with Gasteiger partial charge in [0.05, 0.1) is 11.8 Å². The fraction of sp³-hybridized carbons (Fsp3) is 0.346. The number of anilines is 1. The number of hydrogen-bond donors (Lipinski definition) is 1. The minimum Gasteiger partial charge on any atom is -0.376 e. The third-order valence-corrected chi connectivity index (χ3v) is 6.02. The molecule has 0 spiro atoms. The van der Waals surface area contributed by atoms with Gasteiger partial charge in [-0.3, -0.25) is 19.5 Å². The standard InChI is InChI=1S/C26H30N4O3/c1-18-11-12-22(14-19(18)2)30-16-24(21-8-5-4-6-9-21)27-26(30)28-25(32)17-29(20(3)31)15-23-10-7-13-33-23/h4-6,8-9,11-12,14,16,23H,7,10,13,15,17H2,1-3H3,(H,27,28,32)/t23-/m1/s1. The minimum atomic E-state index is -0.293. The zero-order valence-corrected chi connectivity index (χ0v) is 19.4. The maximum absolute atomic E-state index is 13.0. The number of ether oxygens (including phenoxy) is 1. The molecular formula is C26H30N4O3. The number of imidazole rings is 1. The Kier molecular flexibility index (Phi) is 6.89.